The number of aromatic nitrogens is 2. The molecule has 0 bridgehead atoms. The summed E-state index contributed by atoms with van der Waals surface area (Å²) in [6.45, 7) is 3.53. The molecule has 0 radical (unpaired) electrons. The summed E-state index contributed by atoms with van der Waals surface area (Å²) in [5.74, 6) is 4.87. The Bertz CT molecular complexity index is 624. The van der Waals surface area contributed by atoms with E-state index < -0.39 is 5.41 Å². The van der Waals surface area contributed by atoms with Crippen LogP contribution in [0.3, 0.4) is 0 Å². The van der Waals surface area contributed by atoms with Crippen molar-refractivity contribution in [1.82, 2.24) is 15.4 Å². The number of benzene rings is 1. The van der Waals surface area contributed by atoms with Crippen molar-refractivity contribution in [3.8, 4) is 0 Å². The summed E-state index contributed by atoms with van der Waals surface area (Å²) in [6.07, 6.45) is 0. The minimum atomic E-state index is -0.753. The van der Waals surface area contributed by atoms with Gasteiger partial charge in [-0.15, -0.1) is 0 Å². The van der Waals surface area contributed by atoms with Gasteiger partial charge in [0, 0.05) is 0 Å². The quantitative estimate of drug-likeness (QED) is 0.337. The highest BCUT2D eigenvalue weighted by Crippen LogP contribution is 2.25. The molecule has 0 aliphatic heterocycles. The van der Waals surface area contributed by atoms with Crippen LogP contribution in [0, 0.1) is 0 Å². The largest absolute Gasteiger partial charge is 0.323 e. The van der Waals surface area contributed by atoms with E-state index in [1.54, 1.807) is 32.0 Å². The lowest BCUT2D eigenvalue weighted by Crippen LogP contribution is -2.43. The van der Waals surface area contributed by atoms with Crippen molar-refractivity contribution in [3.63, 3.8) is 0 Å². The number of carbonyl (C=O) groups is 1. The maximum atomic E-state index is 11.7. The summed E-state index contributed by atoms with van der Waals surface area (Å²) in [4.78, 5) is 28.1. The van der Waals surface area contributed by atoms with E-state index in [1.807, 2.05) is 0 Å². The van der Waals surface area contributed by atoms with E-state index in [-0.39, 0.29) is 11.6 Å². The summed E-state index contributed by atoms with van der Waals surface area (Å²) in [5.41, 5.74) is 3.28. The SMILES string of the molecule is CC(C)(C(=O)NN)c1ccc2[nH]c(=O)[nH]c2c1. The van der Waals surface area contributed by atoms with Gasteiger partial charge < -0.3 is 9.97 Å². The number of hydrogen-bond acceptors (Lipinski definition) is 3. The Morgan fingerprint density at radius 2 is 1.94 bits per heavy atom. The van der Waals surface area contributed by atoms with Gasteiger partial charge in [-0.05, 0) is 31.5 Å². The summed E-state index contributed by atoms with van der Waals surface area (Å²) in [6, 6.07) is 5.32. The van der Waals surface area contributed by atoms with Crippen molar-refractivity contribution in [3.05, 3.63) is 34.2 Å². The fourth-order valence-electron chi connectivity index (χ4n) is 1.73. The van der Waals surface area contributed by atoms with Gasteiger partial charge in [0.2, 0.25) is 5.91 Å². The molecular formula is C11H14N4O2. The molecule has 1 amide bonds. The number of aromatic amines is 2. The first kappa shape index (κ1) is 11.4. The van der Waals surface area contributed by atoms with Gasteiger partial charge in [-0.3, -0.25) is 10.2 Å². The Morgan fingerprint density at radius 3 is 2.59 bits per heavy atom. The van der Waals surface area contributed by atoms with E-state index in [9.17, 15) is 9.59 Å². The summed E-state index contributed by atoms with van der Waals surface area (Å²) in [5, 5.41) is 0. The number of hydrogen-bond donors (Lipinski definition) is 4. The molecule has 2 rings (SSSR count). The van der Waals surface area contributed by atoms with Crippen LogP contribution >= 0.6 is 0 Å². The van der Waals surface area contributed by atoms with E-state index in [4.69, 9.17) is 5.84 Å². The second-order valence-corrected chi connectivity index (χ2v) is 4.44. The van der Waals surface area contributed by atoms with Crippen molar-refractivity contribution in [2.45, 2.75) is 19.3 Å². The first-order chi connectivity index (χ1) is 7.95. The lowest BCUT2D eigenvalue weighted by Gasteiger charge is -2.22. The lowest BCUT2D eigenvalue weighted by atomic mass is 9.84. The van der Waals surface area contributed by atoms with Crippen molar-refractivity contribution in [1.29, 1.82) is 0 Å². The van der Waals surface area contributed by atoms with Gasteiger partial charge in [-0.2, -0.15) is 0 Å². The number of H-pyrrole nitrogens is 2. The van der Waals surface area contributed by atoms with Crippen LogP contribution < -0.4 is 17.0 Å². The first-order valence-corrected chi connectivity index (χ1v) is 5.18. The van der Waals surface area contributed by atoms with Crippen LogP contribution in [0.15, 0.2) is 23.0 Å². The van der Waals surface area contributed by atoms with E-state index >= 15 is 0 Å². The fourth-order valence-corrected chi connectivity index (χ4v) is 1.73. The van der Waals surface area contributed by atoms with Crippen LogP contribution in [0.5, 0.6) is 0 Å². The smallest absolute Gasteiger partial charge is 0.306 e. The topological polar surface area (TPSA) is 104 Å². The normalized spacial score (nSPS) is 11.7. The molecule has 2 aromatic rings. The average molecular weight is 234 g/mol. The third-order valence-electron chi connectivity index (χ3n) is 2.94. The molecule has 1 heterocycles. The van der Waals surface area contributed by atoms with Gasteiger partial charge in [0.1, 0.15) is 0 Å². The monoisotopic (exact) mass is 234 g/mol. The lowest BCUT2D eigenvalue weighted by molar-refractivity contribution is -0.125. The molecule has 17 heavy (non-hydrogen) atoms. The Hall–Kier alpha value is -2.08. The molecule has 0 unspecified atom stereocenters. The maximum Gasteiger partial charge on any atom is 0.323 e. The number of nitrogens with two attached hydrogens (primary N) is 1. The van der Waals surface area contributed by atoms with Gasteiger partial charge in [-0.25, -0.2) is 10.6 Å². The minimum absolute atomic E-state index is 0.266. The van der Waals surface area contributed by atoms with Gasteiger partial charge in [0.15, 0.2) is 0 Å². The van der Waals surface area contributed by atoms with E-state index in [0.717, 1.165) is 5.56 Å². The van der Waals surface area contributed by atoms with Crippen LogP contribution in [0.4, 0.5) is 0 Å². The Labute approximate surface area is 97.2 Å². The summed E-state index contributed by atoms with van der Waals surface area (Å²) in [7, 11) is 0. The Morgan fingerprint density at radius 1 is 1.29 bits per heavy atom. The number of carbonyl (C=O) groups excluding carboxylic acids is 1. The Kier molecular flexibility index (Phi) is 2.51. The second kappa shape index (κ2) is 3.74. The minimum Gasteiger partial charge on any atom is -0.306 e. The number of hydrazine groups is 1. The average Bonchev–Trinajstić information content (AvgIpc) is 2.66. The van der Waals surface area contributed by atoms with Gasteiger partial charge in [0.05, 0.1) is 16.4 Å². The molecule has 5 N–H and O–H groups in total. The summed E-state index contributed by atoms with van der Waals surface area (Å²) >= 11 is 0. The van der Waals surface area contributed by atoms with Crippen molar-refractivity contribution in [2.75, 3.05) is 0 Å². The molecule has 6 nitrogen and oxygen atoms in total. The molecule has 1 aromatic carbocycles. The predicted octanol–water partition coefficient (Wildman–Crippen LogP) is 0.124. The second-order valence-electron chi connectivity index (χ2n) is 4.44. The van der Waals surface area contributed by atoms with E-state index in [0.29, 0.717) is 11.0 Å². The van der Waals surface area contributed by atoms with Crippen molar-refractivity contribution < 1.29 is 4.79 Å². The highest BCUT2D eigenvalue weighted by atomic mass is 16.2. The molecule has 1 aromatic heterocycles. The maximum absolute atomic E-state index is 11.7. The molecule has 0 atom stereocenters. The summed E-state index contributed by atoms with van der Waals surface area (Å²) < 4.78 is 0. The molecule has 0 saturated heterocycles. The molecule has 6 heteroatoms. The molecule has 0 fully saturated rings. The van der Waals surface area contributed by atoms with Crippen molar-refractivity contribution in [2.24, 2.45) is 5.84 Å². The molecule has 0 spiro atoms. The van der Waals surface area contributed by atoms with Crippen LogP contribution in [0.1, 0.15) is 19.4 Å². The fraction of sp³-hybridized carbons (Fsp3) is 0.273. The number of fused-ring (bicyclic) bond motifs is 1. The number of nitrogens with one attached hydrogen (secondary N) is 3. The van der Waals surface area contributed by atoms with Crippen LogP contribution in [-0.2, 0) is 10.2 Å². The zero-order valence-corrected chi connectivity index (χ0v) is 9.63. The van der Waals surface area contributed by atoms with Crippen molar-refractivity contribution >= 4 is 16.9 Å². The van der Waals surface area contributed by atoms with Gasteiger partial charge in [0.25, 0.3) is 0 Å². The third kappa shape index (κ3) is 1.83. The molecule has 0 aliphatic carbocycles. The predicted molar refractivity (Wildman–Crippen MR) is 64.3 cm³/mol. The van der Waals surface area contributed by atoms with Crippen LogP contribution in [0.25, 0.3) is 11.0 Å². The molecule has 90 valence electrons. The zero-order chi connectivity index (χ0) is 12.6. The number of imidazole rings is 1. The van der Waals surface area contributed by atoms with Gasteiger partial charge in [-0.1, -0.05) is 6.07 Å². The highest BCUT2D eigenvalue weighted by Gasteiger charge is 2.29. The Balaban J connectivity index is 2.56. The van der Waals surface area contributed by atoms with Gasteiger partial charge >= 0.3 is 5.69 Å². The van der Waals surface area contributed by atoms with E-state index in [1.165, 1.54) is 0 Å². The molecule has 0 saturated carbocycles. The molecule has 0 aliphatic rings. The highest BCUT2D eigenvalue weighted by molar-refractivity contribution is 5.88. The first-order valence-electron chi connectivity index (χ1n) is 5.18. The van der Waals surface area contributed by atoms with Crippen LogP contribution in [0.2, 0.25) is 0 Å². The third-order valence-corrected chi connectivity index (χ3v) is 2.94. The zero-order valence-electron chi connectivity index (χ0n) is 9.63. The molecular weight excluding hydrogens is 220 g/mol. The number of amides is 1. The van der Waals surface area contributed by atoms with Crippen LogP contribution in [-0.4, -0.2) is 15.9 Å². The standard InChI is InChI=1S/C11H14N4O2/c1-11(2,9(16)15-12)6-3-4-7-8(5-6)14-10(17)13-7/h3-5H,12H2,1-2H3,(H,15,16)(H2,13,14,17). The number of rotatable bonds is 2. The van der Waals surface area contributed by atoms with E-state index in [2.05, 4.69) is 15.4 Å².